The fourth-order valence-corrected chi connectivity index (χ4v) is 2.03. The van der Waals surface area contributed by atoms with Crippen molar-refractivity contribution in [2.24, 2.45) is 5.73 Å². The minimum Gasteiger partial charge on any atom is -0.324 e. The number of benzene rings is 1. The third-order valence-electron chi connectivity index (χ3n) is 2.23. The largest absolute Gasteiger partial charge is 0.324 e. The third kappa shape index (κ3) is 2.32. The Morgan fingerprint density at radius 1 is 1.38 bits per heavy atom. The fraction of sp³-hybridized carbons (Fsp3) is 0.455. The second kappa shape index (κ2) is 4.77. The minimum absolute atomic E-state index is 0.276. The Kier molecular flexibility index (Phi) is 3.94. The van der Waals surface area contributed by atoms with Crippen molar-refractivity contribution in [2.75, 3.05) is 0 Å². The molecule has 13 heavy (non-hydrogen) atoms. The number of aryl methyl sites for hydroxylation is 1. The van der Waals surface area contributed by atoms with Gasteiger partial charge in [0.15, 0.2) is 0 Å². The molecule has 1 nitrogen and oxygen atoms in total. The highest BCUT2D eigenvalue weighted by Crippen LogP contribution is 2.30. The van der Waals surface area contributed by atoms with Gasteiger partial charge in [-0.15, -0.1) is 0 Å². The molecule has 0 bridgehead atoms. The summed E-state index contributed by atoms with van der Waals surface area (Å²) < 4.78 is 1.16. The average molecular weight is 242 g/mol. The van der Waals surface area contributed by atoms with Crippen LogP contribution in [0.4, 0.5) is 0 Å². The molecule has 2 rings (SSSR count). The number of nitrogens with two attached hydrogens (primary N) is 1. The standard InChI is InChI=1S/C9H10BrN.C2H6/c10-7-2-3-8-6(5-7)1-4-9(8)11;1-2/h2-3,5,9H,1,4,11H2;1-2H3/t9-;/m1./s1. The Labute approximate surface area is 88.5 Å². The summed E-state index contributed by atoms with van der Waals surface area (Å²) in [5, 5.41) is 0. The van der Waals surface area contributed by atoms with Gasteiger partial charge in [-0.05, 0) is 36.1 Å². The van der Waals surface area contributed by atoms with Crippen LogP contribution >= 0.6 is 15.9 Å². The van der Waals surface area contributed by atoms with Crippen LogP contribution in [0.15, 0.2) is 22.7 Å². The number of rotatable bonds is 0. The molecule has 0 saturated carbocycles. The van der Waals surface area contributed by atoms with Crippen molar-refractivity contribution in [2.45, 2.75) is 32.7 Å². The molecule has 1 atom stereocenters. The average Bonchev–Trinajstić information content (AvgIpc) is 2.51. The van der Waals surface area contributed by atoms with Crippen LogP contribution in [-0.2, 0) is 6.42 Å². The van der Waals surface area contributed by atoms with Gasteiger partial charge < -0.3 is 5.73 Å². The van der Waals surface area contributed by atoms with Gasteiger partial charge in [-0.3, -0.25) is 0 Å². The van der Waals surface area contributed by atoms with Gasteiger partial charge >= 0.3 is 0 Å². The summed E-state index contributed by atoms with van der Waals surface area (Å²) in [4.78, 5) is 0. The molecule has 0 unspecified atom stereocenters. The molecule has 1 aliphatic rings. The maximum atomic E-state index is 5.88. The monoisotopic (exact) mass is 241 g/mol. The van der Waals surface area contributed by atoms with Crippen molar-refractivity contribution >= 4 is 15.9 Å². The second-order valence-electron chi connectivity index (χ2n) is 2.99. The maximum Gasteiger partial charge on any atom is 0.0300 e. The number of hydrogen-bond acceptors (Lipinski definition) is 1. The zero-order chi connectivity index (χ0) is 9.84. The van der Waals surface area contributed by atoms with E-state index in [9.17, 15) is 0 Å². The van der Waals surface area contributed by atoms with Gasteiger partial charge in [0.2, 0.25) is 0 Å². The van der Waals surface area contributed by atoms with Crippen LogP contribution in [0.2, 0.25) is 0 Å². The molecule has 1 aliphatic carbocycles. The summed E-state index contributed by atoms with van der Waals surface area (Å²) in [6, 6.07) is 6.63. The lowest BCUT2D eigenvalue weighted by molar-refractivity contribution is 0.713. The van der Waals surface area contributed by atoms with Crippen LogP contribution in [0.25, 0.3) is 0 Å². The summed E-state index contributed by atoms with van der Waals surface area (Å²) in [7, 11) is 0. The molecule has 0 aliphatic heterocycles. The van der Waals surface area contributed by atoms with E-state index in [1.807, 2.05) is 13.8 Å². The van der Waals surface area contributed by atoms with Gasteiger partial charge in [-0.25, -0.2) is 0 Å². The van der Waals surface area contributed by atoms with E-state index >= 15 is 0 Å². The van der Waals surface area contributed by atoms with E-state index in [0.717, 1.165) is 17.3 Å². The molecule has 0 aromatic heterocycles. The molecule has 0 amide bonds. The summed E-state index contributed by atoms with van der Waals surface area (Å²) >= 11 is 3.44. The second-order valence-corrected chi connectivity index (χ2v) is 3.90. The molecule has 1 aromatic rings. The quantitative estimate of drug-likeness (QED) is 0.741. The Hall–Kier alpha value is -0.340. The summed E-state index contributed by atoms with van der Waals surface area (Å²) in [6.07, 6.45) is 2.24. The molecule has 0 spiro atoms. The SMILES string of the molecule is CC.N[C@@H]1CCc2cc(Br)ccc21. The van der Waals surface area contributed by atoms with E-state index in [1.165, 1.54) is 11.1 Å². The highest BCUT2D eigenvalue weighted by atomic mass is 79.9. The smallest absolute Gasteiger partial charge is 0.0300 e. The molecule has 1 aromatic carbocycles. The summed E-state index contributed by atoms with van der Waals surface area (Å²) in [5.74, 6) is 0. The van der Waals surface area contributed by atoms with Crippen LogP contribution in [0.1, 0.15) is 37.4 Å². The molecule has 0 heterocycles. The van der Waals surface area contributed by atoms with Crippen molar-refractivity contribution in [1.82, 2.24) is 0 Å². The van der Waals surface area contributed by atoms with E-state index in [1.54, 1.807) is 0 Å². The van der Waals surface area contributed by atoms with Crippen LogP contribution in [0.5, 0.6) is 0 Å². The number of fused-ring (bicyclic) bond motifs is 1. The molecule has 0 fully saturated rings. The van der Waals surface area contributed by atoms with E-state index in [2.05, 4.69) is 34.1 Å². The zero-order valence-corrected chi connectivity index (χ0v) is 9.76. The molecule has 0 radical (unpaired) electrons. The van der Waals surface area contributed by atoms with Crippen molar-refractivity contribution in [3.8, 4) is 0 Å². The Bertz CT molecular complexity index is 283. The van der Waals surface area contributed by atoms with Gasteiger partial charge in [-0.2, -0.15) is 0 Å². The fourth-order valence-electron chi connectivity index (χ4n) is 1.62. The zero-order valence-electron chi connectivity index (χ0n) is 8.18. The summed E-state index contributed by atoms with van der Waals surface area (Å²) in [5.41, 5.74) is 8.62. The first kappa shape index (κ1) is 10.7. The summed E-state index contributed by atoms with van der Waals surface area (Å²) in [6.45, 7) is 4.00. The van der Waals surface area contributed by atoms with Crippen LogP contribution < -0.4 is 5.73 Å². The molecule has 0 saturated heterocycles. The van der Waals surface area contributed by atoms with Crippen molar-refractivity contribution in [3.05, 3.63) is 33.8 Å². The molecule has 2 heteroatoms. The van der Waals surface area contributed by atoms with Gasteiger partial charge in [0.25, 0.3) is 0 Å². The van der Waals surface area contributed by atoms with Gasteiger partial charge in [-0.1, -0.05) is 35.8 Å². The minimum atomic E-state index is 0.276. The third-order valence-corrected chi connectivity index (χ3v) is 2.72. The Balaban J connectivity index is 0.000000396. The van der Waals surface area contributed by atoms with Gasteiger partial charge in [0, 0.05) is 10.5 Å². The predicted molar refractivity (Wildman–Crippen MR) is 60.7 cm³/mol. The predicted octanol–water partition coefficient (Wildman–Crippen LogP) is 3.42. The first-order valence-corrected chi connectivity index (χ1v) is 5.60. The van der Waals surface area contributed by atoms with E-state index in [4.69, 9.17) is 5.73 Å². The maximum absolute atomic E-state index is 5.88. The lowest BCUT2D eigenvalue weighted by Crippen LogP contribution is -2.04. The highest BCUT2D eigenvalue weighted by molar-refractivity contribution is 9.10. The molecular formula is C11H16BrN. The Morgan fingerprint density at radius 2 is 2.08 bits per heavy atom. The first-order valence-electron chi connectivity index (χ1n) is 4.81. The van der Waals surface area contributed by atoms with E-state index < -0.39 is 0 Å². The normalized spacial score (nSPS) is 18.9. The van der Waals surface area contributed by atoms with Crippen LogP contribution in [0, 0.1) is 0 Å². The van der Waals surface area contributed by atoms with Gasteiger partial charge in [0.1, 0.15) is 0 Å². The first-order chi connectivity index (χ1) is 6.27. The molecule has 72 valence electrons. The number of hydrogen-bond donors (Lipinski definition) is 1. The molecular weight excluding hydrogens is 226 g/mol. The van der Waals surface area contributed by atoms with Crippen LogP contribution in [-0.4, -0.2) is 0 Å². The van der Waals surface area contributed by atoms with Gasteiger partial charge in [0.05, 0.1) is 0 Å². The Morgan fingerprint density at radius 3 is 2.77 bits per heavy atom. The van der Waals surface area contributed by atoms with Crippen molar-refractivity contribution in [1.29, 1.82) is 0 Å². The number of halogens is 1. The highest BCUT2D eigenvalue weighted by Gasteiger charge is 2.17. The van der Waals surface area contributed by atoms with Crippen molar-refractivity contribution in [3.63, 3.8) is 0 Å². The molecule has 2 N–H and O–H groups in total. The van der Waals surface area contributed by atoms with E-state index in [0.29, 0.717) is 0 Å². The van der Waals surface area contributed by atoms with Crippen molar-refractivity contribution < 1.29 is 0 Å². The topological polar surface area (TPSA) is 26.0 Å². The van der Waals surface area contributed by atoms with Crippen LogP contribution in [0.3, 0.4) is 0 Å². The lowest BCUT2D eigenvalue weighted by Gasteiger charge is -2.03. The lowest BCUT2D eigenvalue weighted by atomic mass is 10.1. The van der Waals surface area contributed by atoms with E-state index in [-0.39, 0.29) is 6.04 Å².